The van der Waals surface area contributed by atoms with Crippen molar-refractivity contribution in [3.8, 4) is 0 Å². The molecule has 1 aliphatic rings. The molecule has 0 saturated carbocycles. The maximum absolute atomic E-state index is 12.8. The molecule has 2 rings (SSSR count). The minimum absolute atomic E-state index is 0.123. The summed E-state index contributed by atoms with van der Waals surface area (Å²) >= 11 is 0. The third kappa shape index (κ3) is 5.75. The fourth-order valence-corrected chi connectivity index (χ4v) is 3.68. The van der Waals surface area contributed by atoms with Crippen LogP contribution in [0.25, 0.3) is 0 Å². The van der Waals surface area contributed by atoms with Crippen LogP contribution in [0.1, 0.15) is 19.3 Å². The SMILES string of the molecule is O=C(CCNS(=O)(=O)c1ccc(F)cc1)NC(C(=O)O)C1CCCOC1. The minimum atomic E-state index is -3.87. The summed E-state index contributed by atoms with van der Waals surface area (Å²) in [6.07, 6.45) is 1.13. The maximum Gasteiger partial charge on any atom is 0.326 e. The molecule has 8 nitrogen and oxygen atoms in total. The number of carboxylic acid groups (broad SMARTS) is 1. The van der Waals surface area contributed by atoms with Gasteiger partial charge in [0.1, 0.15) is 11.9 Å². The van der Waals surface area contributed by atoms with Crippen molar-refractivity contribution in [2.45, 2.75) is 30.2 Å². The number of carboxylic acids is 1. The number of rotatable bonds is 8. The number of carbonyl (C=O) groups is 2. The van der Waals surface area contributed by atoms with Crippen LogP contribution in [-0.2, 0) is 24.3 Å². The number of carbonyl (C=O) groups excluding carboxylic acids is 1. The number of ether oxygens (including phenoxy) is 1. The van der Waals surface area contributed by atoms with Crippen molar-refractivity contribution in [1.82, 2.24) is 10.0 Å². The summed E-state index contributed by atoms with van der Waals surface area (Å²) < 4.78 is 44.4. The number of halogens is 1. The van der Waals surface area contributed by atoms with E-state index in [1.807, 2.05) is 0 Å². The number of amides is 1. The van der Waals surface area contributed by atoms with E-state index in [2.05, 4.69) is 10.0 Å². The molecule has 2 atom stereocenters. The zero-order valence-corrected chi connectivity index (χ0v) is 14.8. The van der Waals surface area contributed by atoms with Gasteiger partial charge in [-0.25, -0.2) is 22.3 Å². The molecule has 1 aromatic rings. The van der Waals surface area contributed by atoms with Gasteiger partial charge in [0.2, 0.25) is 15.9 Å². The molecule has 26 heavy (non-hydrogen) atoms. The molecule has 1 saturated heterocycles. The second kappa shape index (κ2) is 9.06. The highest BCUT2D eigenvalue weighted by atomic mass is 32.2. The molecule has 0 bridgehead atoms. The van der Waals surface area contributed by atoms with E-state index >= 15 is 0 Å². The Kier molecular flexibility index (Phi) is 7.06. The first-order valence-electron chi connectivity index (χ1n) is 8.15. The third-order valence-corrected chi connectivity index (χ3v) is 5.49. The summed E-state index contributed by atoms with van der Waals surface area (Å²) in [6.45, 7) is 0.620. The van der Waals surface area contributed by atoms with Crippen molar-refractivity contribution >= 4 is 21.9 Å². The van der Waals surface area contributed by atoms with Crippen molar-refractivity contribution in [1.29, 1.82) is 0 Å². The van der Waals surface area contributed by atoms with Gasteiger partial charge in [-0.05, 0) is 37.1 Å². The van der Waals surface area contributed by atoms with E-state index in [0.717, 1.165) is 30.7 Å². The van der Waals surface area contributed by atoms with Gasteiger partial charge in [-0.1, -0.05) is 0 Å². The molecule has 1 fully saturated rings. The first kappa shape index (κ1) is 20.3. The number of aliphatic carboxylic acids is 1. The van der Waals surface area contributed by atoms with E-state index in [9.17, 15) is 27.5 Å². The number of hydrogen-bond acceptors (Lipinski definition) is 5. The lowest BCUT2D eigenvalue weighted by molar-refractivity contribution is -0.145. The average molecular weight is 388 g/mol. The van der Waals surface area contributed by atoms with Crippen LogP contribution in [0.3, 0.4) is 0 Å². The summed E-state index contributed by atoms with van der Waals surface area (Å²) in [6, 6.07) is 3.19. The molecule has 0 spiro atoms. The van der Waals surface area contributed by atoms with Crippen LogP contribution in [0, 0.1) is 11.7 Å². The van der Waals surface area contributed by atoms with Crippen molar-refractivity contribution in [3.05, 3.63) is 30.1 Å². The van der Waals surface area contributed by atoms with Gasteiger partial charge in [0.05, 0.1) is 11.5 Å². The first-order valence-corrected chi connectivity index (χ1v) is 9.63. The molecule has 144 valence electrons. The predicted octanol–water partition coefficient (Wildman–Crippen LogP) is 0.490. The predicted molar refractivity (Wildman–Crippen MR) is 89.3 cm³/mol. The van der Waals surface area contributed by atoms with Crippen LogP contribution in [-0.4, -0.2) is 51.2 Å². The van der Waals surface area contributed by atoms with Crippen molar-refractivity contribution in [2.24, 2.45) is 5.92 Å². The van der Waals surface area contributed by atoms with Gasteiger partial charge in [0.15, 0.2) is 0 Å². The van der Waals surface area contributed by atoms with Crippen molar-refractivity contribution in [2.75, 3.05) is 19.8 Å². The Labute approximate surface area is 150 Å². The largest absolute Gasteiger partial charge is 0.480 e. The van der Waals surface area contributed by atoms with E-state index in [-0.39, 0.29) is 30.4 Å². The van der Waals surface area contributed by atoms with Crippen molar-refractivity contribution < 1.29 is 32.2 Å². The zero-order chi connectivity index (χ0) is 19.2. The Morgan fingerprint density at radius 1 is 1.31 bits per heavy atom. The third-order valence-electron chi connectivity index (χ3n) is 4.02. The van der Waals surface area contributed by atoms with Crippen LogP contribution >= 0.6 is 0 Å². The van der Waals surface area contributed by atoms with E-state index in [0.29, 0.717) is 13.0 Å². The fourth-order valence-electron chi connectivity index (χ4n) is 2.65. The summed E-state index contributed by atoms with van der Waals surface area (Å²) in [7, 11) is -3.87. The minimum Gasteiger partial charge on any atom is -0.480 e. The number of nitrogens with one attached hydrogen (secondary N) is 2. The summed E-state index contributed by atoms with van der Waals surface area (Å²) in [5, 5.41) is 11.7. The molecule has 1 heterocycles. The highest BCUT2D eigenvalue weighted by molar-refractivity contribution is 7.89. The zero-order valence-electron chi connectivity index (χ0n) is 14.0. The number of sulfonamides is 1. The standard InChI is InChI=1S/C16H21FN2O6S/c17-12-3-5-13(6-4-12)26(23,24)18-8-7-14(20)19-15(16(21)22)11-2-1-9-25-10-11/h3-6,11,15,18H,1-2,7-10H2,(H,19,20)(H,21,22). The lowest BCUT2D eigenvalue weighted by atomic mass is 9.93. The molecule has 1 aromatic carbocycles. The highest BCUT2D eigenvalue weighted by Gasteiger charge is 2.31. The Bertz CT molecular complexity index is 732. The quantitative estimate of drug-likeness (QED) is 0.596. The van der Waals surface area contributed by atoms with Crippen LogP contribution < -0.4 is 10.0 Å². The Morgan fingerprint density at radius 3 is 2.58 bits per heavy atom. The van der Waals surface area contributed by atoms with Gasteiger partial charge in [0.25, 0.3) is 0 Å². The van der Waals surface area contributed by atoms with Gasteiger partial charge in [-0.15, -0.1) is 0 Å². The second-order valence-corrected chi connectivity index (χ2v) is 7.73. The molecule has 1 amide bonds. The van der Waals surface area contributed by atoms with Gasteiger partial charge >= 0.3 is 5.97 Å². The Balaban J connectivity index is 1.85. The Morgan fingerprint density at radius 2 is 2.00 bits per heavy atom. The van der Waals surface area contributed by atoms with Gasteiger partial charge in [0, 0.05) is 25.5 Å². The molecule has 0 radical (unpaired) electrons. The van der Waals surface area contributed by atoms with Crippen LogP contribution in [0.15, 0.2) is 29.2 Å². The lowest BCUT2D eigenvalue weighted by Gasteiger charge is -2.28. The number of benzene rings is 1. The topological polar surface area (TPSA) is 122 Å². The smallest absolute Gasteiger partial charge is 0.326 e. The van der Waals surface area contributed by atoms with Gasteiger partial charge in [-0.2, -0.15) is 0 Å². The van der Waals surface area contributed by atoms with Gasteiger partial charge < -0.3 is 15.2 Å². The lowest BCUT2D eigenvalue weighted by Crippen LogP contribution is -2.48. The van der Waals surface area contributed by atoms with Crippen molar-refractivity contribution in [3.63, 3.8) is 0 Å². The van der Waals surface area contributed by atoms with E-state index < -0.39 is 33.8 Å². The molecule has 1 aliphatic heterocycles. The second-order valence-electron chi connectivity index (χ2n) is 5.96. The van der Waals surface area contributed by atoms with Gasteiger partial charge in [-0.3, -0.25) is 4.79 Å². The maximum atomic E-state index is 12.8. The monoisotopic (exact) mass is 388 g/mol. The first-order chi connectivity index (χ1) is 12.3. The molecule has 3 N–H and O–H groups in total. The highest BCUT2D eigenvalue weighted by Crippen LogP contribution is 2.18. The normalized spacial score (nSPS) is 18.9. The van der Waals surface area contributed by atoms with Crippen LogP contribution in [0.2, 0.25) is 0 Å². The summed E-state index contributed by atoms with van der Waals surface area (Å²) in [5.74, 6) is -2.61. The van der Waals surface area contributed by atoms with Crippen LogP contribution in [0.4, 0.5) is 4.39 Å². The summed E-state index contributed by atoms with van der Waals surface area (Å²) in [5.41, 5.74) is 0. The van der Waals surface area contributed by atoms with Crippen LogP contribution in [0.5, 0.6) is 0 Å². The van der Waals surface area contributed by atoms with E-state index in [1.54, 1.807) is 0 Å². The summed E-state index contributed by atoms with van der Waals surface area (Å²) in [4.78, 5) is 23.2. The molecule has 10 heteroatoms. The molecular formula is C16H21FN2O6S. The van der Waals surface area contributed by atoms with E-state index in [4.69, 9.17) is 4.74 Å². The molecule has 0 aliphatic carbocycles. The number of hydrogen-bond donors (Lipinski definition) is 3. The van der Waals surface area contributed by atoms with E-state index in [1.165, 1.54) is 0 Å². The molecular weight excluding hydrogens is 367 g/mol. The molecule has 2 unspecified atom stereocenters. The average Bonchev–Trinajstić information content (AvgIpc) is 2.60. The Hall–Kier alpha value is -2.04. The molecule has 0 aromatic heterocycles. The fraction of sp³-hybridized carbons (Fsp3) is 0.500.